The zero-order valence-electron chi connectivity index (χ0n) is 14.3. The maximum Gasteiger partial charge on any atom is 0.324 e. The molecule has 1 unspecified atom stereocenters. The summed E-state index contributed by atoms with van der Waals surface area (Å²) in [5, 5.41) is 1.01. The second-order valence-corrected chi connectivity index (χ2v) is 9.80. The van der Waals surface area contributed by atoms with E-state index in [-0.39, 0.29) is 5.54 Å². The summed E-state index contributed by atoms with van der Waals surface area (Å²) in [6.45, 7) is 6.43. The van der Waals surface area contributed by atoms with Gasteiger partial charge >= 0.3 is 5.57 Å². The van der Waals surface area contributed by atoms with Crippen molar-refractivity contribution in [2.45, 2.75) is 26.3 Å². The summed E-state index contributed by atoms with van der Waals surface area (Å²) < 4.78 is 18.4. The van der Waals surface area contributed by atoms with Gasteiger partial charge in [0.05, 0.1) is 0 Å². The van der Waals surface area contributed by atoms with Crippen LogP contribution in [-0.2, 0) is 10.1 Å². The van der Waals surface area contributed by atoms with E-state index in [4.69, 9.17) is 0 Å². The molecule has 0 N–H and O–H groups in total. The third-order valence-corrected chi connectivity index (χ3v) is 8.29. The number of fused-ring (bicyclic) bond motifs is 2. The number of para-hydroxylation sites is 1. The van der Waals surface area contributed by atoms with Crippen LogP contribution >= 0.6 is 7.14 Å². The molecule has 1 aliphatic heterocycles. The van der Waals surface area contributed by atoms with Crippen LogP contribution in [0.5, 0.6) is 0 Å². The summed E-state index contributed by atoms with van der Waals surface area (Å²) >= 11 is 0. The van der Waals surface area contributed by atoms with Crippen LogP contribution < -0.4 is 15.4 Å². The van der Waals surface area contributed by atoms with E-state index in [9.17, 15) is 4.57 Å². The van der Waals surface area contributed by atoms with Gasteiger partial charge in [-0.25, -0.2) is 4.57 Å². The van der Waals surface area contributed by atoms with Crippen LogP contribution in [0.15, 0.2) is 67.0 Å². The zero-order valence-corrected chi connectivity index (χ0v) is 15.2. The van der Waals surface area contributed by atoms with Crippen LogP contribution in [-0.4, -0.2) is 10.7 Å². The van der Waals surface area contributed by atoms with E-state index in [2.05, 4.69) is 47.4 Å². The molecule has 0 radical (unpaired) electrons. The average Bonchev–Trinajstić information content (AvgIpc) is 3.08. The zero-order chi connectivity index (χ0) is 16.9. The van der Waals surface area contributed by atoms with E-state index in [0.717, 1.165) is 16.6 Å². The molecule has 0 saturated heterocycles. The first-order valence-corrected chi connectivity index (χ1v) is 10.3. The van der Waals surface area contributed by atoms with Crippen molar-refractivity contribution in [1.29, 1.82) is 0 Å². The highest BCUT2D eigenvalue weighted by molar-refractivity contribution is 7.78. The number of imidazole rings is 1. The Morgan fingerprint density at radius 1 is 1.04 bits per heavy atom. The first kappa shape index (κ1) is 15.4. The Kier molecular flexibility index (Phi) is 3.33. The van der Waals surface area contributed by atoms with Gasteiger partial charge in [0.15, 0.2) is 0 Å². The van der Waals surface area contributed by atoms with Crippen LogP contribution in [0.2, 0.25) is 0 Å². The largest absolute Gasteiger partial charge is 0.324 e. The second-order valence-electron chi connectivity index (χ2n) is 6.81. The molecule has 1 aliphatic rings. The first-order chi connectivity index (χ1) is 11.5. The Hall–Kier alpha value is -2.12. The van der Waals surface area contributed by atoms with E-state index in [0.29, 0.717) is 6.16 Å². The number of rotatable bonds is 2. The van der Waals surface area contributed by atoms with Crippen molar-refractivity contribution in [2.75, 3.05) is 6.16 Å². The predicted molar refractivity (Wildman–Crippen MR) is 98.2 cm³/mol. The van der Waals surface area contributed by atoms with Crippen molar-refractivity contribution in [3.63, 3.8) is 0 Å². The molecule has 4 rings (SSSR count). The fourth-order valence-electron chi connectivity index (χ4n) is 3.81. The van der Waals surface area contributed by atoms with Crippen molar-refractivity contribution in [3.05, 3.63) is 72.6 Å². The van der Waals surface area contributed by atoms with E-state index >= 15 is 0 Å². The van der Waals surface area contributed by atoms with Crippen molar-refractivity contribution >= 4 is 18.0 Å². The monoisotopic (exact) mass is 337 g/mol. The van der Waals surface area contributed by atoms with Gasteiger partial charge in [-0.15, -0.1) is 0 Å². The molecule has 0 amide bonds. The van der Waals surface area contributed by atoms with Gasteiger partial charge in [0, 0.05) is 17.0 Å². The average molecular weight is 337 g/mol. The molecule has 24 heavy (non-hydrogen) atoms. The molecular formula is C20H22N2OP+. The van der Waals surface area contributed by atoms with E-state index in [1.54, 1.807) is 0 Å². The molecule has 122 valence electrons. The van der Waals surface area contributed by atoms with Gasteiger partial charge in [-0.2, -0.15) is 4.57 Å². The quantitative estimate of drug-likeness (QED) is 0.521. The highest BCUT2D eigenvalue weighted by atomic mass is 31.2. The molecule has 0 fully saturated rings. The number of hydrogen-bond acceptors (Lipinski definition) is 1. The Labute approximate surface area is 143 Å². The lowest BCUT2D eigenvalue weighted by Gasteiger charge is -2.33. The SMILES string of the molecule is CCP1(=O)c2ccccc2C(C)(C)n2cc[n+](-c3ccccc3)c21. The van der Waals surface area contributed by atoms with E-state index in [1.807, 2.05) is 49.5 Å². The normalized spacial score (nSPS) is 21.1. The molecule has 0 spiro atoms. The van der Waals surface area contributed by atoms with E-state index in [1.165, 1.54) is 5.56 Å². The molecular weight excluding hydrogens is 315 g/mol. The minimum absolute atomic E-state index is 0.227. The van der Waals surface area contributed by atoms with Crippen molar-refractivity contribution in [1.82, 2.24) is 4.57 Å². The Morgan fingerprint density at radius 3 is 2.42 bits per heavy atom. The third-order valence-electron chi connectivity index (χ3n) is 5.15. The minimum Gasteiger partial charge on any atom is -0.305 e. The molecule has 1 atom stereocenters. The third kappa shape index (κ3) is 1.91. The first-order valence-electron chi connectivity index (χ1n) is 8.39. The molecule has 0 bridgehead atoms. The van der Waals surface area contributed by atoms with Crippen molar-refractivity contribution < 1.29 is 9.13 Å². The van der Waals surface area contributed by atoms with Gasteiger partial charge in [0.25, 0.3) is 0 Å². The van der Waals surface area contributed by atoms with Crippen molar-refractivity contribution in [2.24, 2.45) is 0 Å². The molecule has 1 aromatic heterocycles. The number of nitrogens with zero attached hydrogens (tertiary/aromatic N) is 2. The lowest BCUT2D eigenvalue weighted by molar-refractivity contribution is -0.575. The minimum atomic E-state index is -2.68. The highest BCUT2D eigenvalue weighted by Gasteiger charge is 2.50. The standard InChI is InChI=1S/C20H22N2OP/c1-4-24(23)18-13-9-8-12-17(18)20(2,3)22-15-14-21(19(22)24)16-10-6-5-7-11-16/h5-15H,4H2,1-3H3/q+1. The Bertz CT molecular complexity index is 957. The van der Waals surface area contributed by atoms with Crippen LogP contribution in [0.25, 0.3) is 5.69 Å². The summed E-state index contributed by atoms with van der Waals surface area (Å²) in [4.78, 5) is 0. The summed E-state index contributed by atoms with van der Waals surface area (Å²) in [7, 11) is -2.68. The van der Waals surface area contributed by atoms with Crippen LogP contribution in [0.4, 0.5) is 0 Å². The van der Waals surface area contributed by atoms with Gasteiger partial charge in [0.2, 0.25) is 7.14 Å². The highest BCUT2D eigenvalue weighted by Crippen LogP contribution is 2.49. The number of hydrogen-bond donors (Lipinski definition) is 0. The van der Waals surface area contributed by atoms with Gasteiger partial charge in [-0.1, -0.05) is 49.4 Å². The van der Waals surface area contributed by atoms with E-state index < -0.39 is 7.14 Å². The molecule has 3 aromatic rings. The van der Waals surface area contributed by atoms with Crippen LogP contribution in [0.3, 0.4) is 0 Å². The maximum absolute atomic E-state index is 14.1. The summed E-state index contributed by atoms with van der Waals surface area (Å²) in [6.07, 6.45) is 4.73. The van der Waals surface area contributed by atoms with Gasteiger partial charge in [0.1, 0.15) is 23.6 Å². The Balaban J connectivity index is 2.09. The Morgan fingerprint density at radius 2 is 1.71 bits per heavy atom. The topological polar surface area (TPSA) is 25.9 Å². The summed E-state index contributed by atoms with van der Waals surface area (Å²) in [5.74, 6) is 0. The summed E-state index contributed by atoms with van der Waals surface area (Å²) in [6, 6.07) is 18.4. The molecule has 0 saturated carbocycles. The molecule has 2 aromatic carbocycles. The second kappa shape index (κ2) is 5.19. The molecule has 0 aliphatic carbocycles. The predicted octanol–water partition coefficient (Wildman–Crippen LogP) is 3.20. The summed E-state index contributed by atoms with van der Waals surface area (Å²) in [5.41, 5.74) is 2.91. The fraction of sp³-hybridized carbons (Fsp3) is 0.250. The van der Waals surface area contributed by atoms with Crippen LogP contribution in [0.1, 0.15) is 26.3 Å². The van der Waals surface area contributed by atoms with Crippen molar-refractivity contribution in [3.8, 4) is 5.69 Å². The molecule has 3 nitrogen and oxygen atoms in total. The maximum atomic E-state index is 14.1. The molecule has 4 heteroatoms. The van der Waals surface area contributed by atoms with Gasteiger partial charge in [-0.3, -0.25) is 0 Å². The van der Waals surface area contributed by atoms with Crippen LogP contribution in [0, 0.1) is 0 Å². The number of benzene rings is 2. The molecule has 2 heterocycles. The lowest BCUT2D eigenvalue weighted by atomic mass is 9.94. The lowest BCUT2D eigenvalue weighted by Crippen LogP contribution is -2.56. The fourth-order valence-corrected chi connectivity index (χ4v) is 6.91. The van der Waals surface area contributed by atoms with Gasteiger partial charge in [-0.05, 0) is 26.0 Å². The van der Waals surface area contributed by atoms with Gasteiger partial charge < -0.3 is 4.57 Å². The number of aromatic nitrogens is 2. The smallest absolute Gasteiger partial charge is 0.305 e.